The first kappa shape index (κ1) is 18.8. The van der Waals surface area contributed by atoms with Crippen molar-refractivity contribution in [1.82, 2.24) is 10.2 Å². The van der Waals surface area contributed by atoms with Crippen LogP contribution >= 0.6 is 11.8 Å². The number of imide groups is 1. The molecule has 1 aliphatic carbocycles. The van der Waals surface area contributed by atoms with Gasteiger partial charge in [0.25, 0.3) is 5.91 Å². The monoisotopic (exact) mass is 376 g/mol. The molecule has 0 radical (unpaired) electrons. The van der Waals surface area contributed by atoms with Crippen molar-refractivity contribution in [2.75, 3.05) is 12.8 Å². The van der Waals surface area contributed by atoms with Gasteiger partial charge in [0.15, 0.2) is 0 Å². The number of ether oxygens (including phenoxy) is 1. The summed E-state index contributed by atoms with van der Waals surface area (Å²) >= 11 is 1.64. The van der Waals surface area contributed by atoms with E-state index in [0.717, 1.165) is 34.6 Å². The number of rotatable bonds is 5. The number of nitrogens with zero attached hydrogens (tertiary/aromatic N) is 1. The number of carbonyl (C=O) groups is 3. The average Bonchev–Trinajstić information content (AvgIpc) is 2.88. The molecule has 1 aromatic carbocycles. The number of hydrogen-bond acceptors (Lipinski definition) is 5. The Morgan fingerprint density at radius 1 is 1.31 bits per heavy atom. The van der Waals surface area contributed by atoms with Crippen molar-refractivity contribution in [1.29, 1.82) is 0 Å². The van der Waals surface area contributed by atoms with E-state index in [1.807, 2.05) is 37.4 Å². The zero-order valence-corrected chi connectivity index (χ0v) is 15.9. The van der Waals surface area contributed by atoms with E-state index in [9.17, 15) is 14.4 Å². The minimum Gasteiger partial charge on any atom is -0.459 e. The molecule has 2 atom stereocenters. The SMILES string of the molecule is CSc1ccc(COC(=O)CN2C(=O)N[C@@]3(CCCC[C@H]3C)C2=O)cc1. The summed E-state index contributed by atoms with van der Waals surface area (Å²) in [5, 5.41) is 2.84. The van der Waals surface area contributed by atoms with Crippen LogP contribution in [-0.4, -0.2) is 41.1 Å². The van der Waals surface area contributed by atoms with Crippen LogP contribution in [-0.2, 0) is 20.9 Å². The lowest BCUT2D eigenvalue weighted by Crippen LogP contribution is -2.54. The quantitative estimate of drug-likeness (QED) is 0.486. The summed E-state index contributed by atoms with van der Waals surface area (Å²) in [6, 6.07) is 7.21. The van der Waals surface area contributed by atoms with E-state index in [-0.39, 0.29) is 25.0 Å². The van der Waals surface area contributed by atoms with Crippen LogP contribution in [0.1, 0.15) is 38.2 Å². The topological polar surface area (TPSA) is 75.7 Å². The van der Waals surface area contributed by atoms with E-state index < -0.39 is 17.5 Å². The lowest BCUT2D eigenvalue weighted by atomic mass is 9.73. The van der Waals surface area contributed by atoms with Gasteiger partial charge in [0, 0.05) is 4.90 Å². The fraction of sp³-hybridized carbons (Fsp3) is 0.526. The molecule has 2 aliphatic rings. The van der Waals surface area contributed by atoms with Crippen molar-refractivity contribution in [3.8, 4) is 0 Å². The molecule has 0 unspecified atom stereocenters. The highest BCUT2D eigenvalue weighted by Crippen LogP contribution is 2.38. The van der Waals surface area contributed by atoms with Crippen LogP contribution in [0, 0.1) is 5.92 Å². The summed E-state index contributed by atoms with van der Waals surface area (Å²) in [7, 11) is 0. The Hall–Kier alpha value is -2.02. The fourth-order valence-electron chi connectivity index (χ4n) is 3.70. The molecule has 2 fully saturated rings. The maximum absolute atomic E-state index is 12.8. The second kappa shape index (κ2) is 7.70. The van der Waals surface area contributed by atoms with Crippen LogP contribution in [0.4, 0.5) is 4.79 Å². The van der Waals surface area contributed by atoms with E-state index in [0.29, 0.717) is 6.42 Å². The first-order chi connectivity index (χ1) is 12.5. The van der Waals surface area contributed by atoms with E-state index >= 15 is 0 Å². The predicted molar refractivity (Wildman–Crippen MR) is 98.6 cm³/mol. The molecule has 1 heterocycles. The molecule has 1 N–H and O–H groups in total. The number of hydrogen-bond donors (Lipinski definition) is 1. The number of nitrogens with one attached hydrogen (secondary N) is 1. The first-order valence-electron chi connectivity index (χ1n) is 8.89. The number of carbonyl (C=O) groups excluding carboxylic acids is 3. The third kappa shape index (κ3) is 3.58. The summed E-state index contributed by atoms with van der Waals surface area (Å²) in [5.74, 6) is -0.803. The summed E-state index contributed by atoms with van der Waals surface area (Å²) in [5.41, 5.74) is 0.0224. The molecule has 6 nitrogen and oxygen atoms in total. The Labute approximate surface area is 157 Å². The minimum absolute atomic E-state index is 0.0728. The zero-order chi connectivity index (χ0) is 18.7. The van der Waals surface area contributed by atoms with Gasteiger partial charge in [-0.25, -0.2) is 4.79 Å². The van der Waals surface area contributed by atoms with E-state index in [2.05, 4.69) is 5.32 Å². The average molecular weight is 376 g/mol. The highest BCUT2D eigenvalue weighted by Gasteiger charge is 2.55. The molecule has 0 aromatic heterocycles. The van der Waals surface area contributed by atoms with Crippen LogP contribution in [0.3, 0.4) is 0 Å². The lowest BCUT2D eigenvalue weighted by molar-refractivity contribution is -0.149. The van der Waals surface area contributed by atoms with Gasteiger partial charge in [-0.2, -0.15) is 0 Å². The molecule has 140 valence electrons. The molecule has 1 aliphatic heterocycles. The molecule has 7 heteroatoms. The zero-order valence-electron chi connectivity index (χ0n) is 15.1. The van der Waals surface area contributed by atoms with Crippen molar-refractivity contribution >= 4 is 29.7 Å². The van der Waals surface area contributed by atoms with Crippen LogP contribution in [0.5, 0.6) is 0 Å². The smallest absolute Gasteiger partial charge is 0.326 e. The minimum atomic E-state index is -0.844. The number of amides is 3. The van der Waals surface area contributed by atoms with Crippen molar-refractivity contribution in [3.63, 3.8) is 0 Å². The van der Waals surface area contributed by atoms with Gasteiger partial charge in [-0.3, -0.25) is 14.5 Å². The first-order valence-corrected chi connectivity index (χ1v) is 10.1. The van der Waals surface area contributed by atoms with E-state index in [4.69, 9.17) is 4.74 Å². The molecule has 3 rings (SSSR count). The highest BCUT2D eigenvalue weighted by molar-refractivity contribution is 7.98. The molecule has 1 spiro atoms. The number of benzene rings is 1. The van der Waals surface area contributed by atoms with Gasteiger partial charge in [-0.05, 0) is 42.7 Å². The largest absolute Gasteiger partial charge is 0.459 e. The number of esters is 1. The van der Waals surface area contributed by atoms with Gasteiger partial charge in [0.05, 0.1) is 0 Å². The predicted octanol–water partition coefficient (Wildman–Crippen LogP) is 2.95. The van der Waals surface area contributed by atoms with Gasteiger partial charge in [0.1, 0.15) is 18.7 Å². The second-order valence-electron chi connectivity index (χ2n) is 6.95. The Morgan fingerprint density at radius 2 is 2.04 bits per heavy atom. The van der Waals surface area contributed by atoms with E-state index in [1.54, 1.807) is 11.8 Å². The van der Waals surface area contributed by atoms with Gasteiger partial charge in [-0.15, -0.1) is 11.8 Å². The molecule has 1 aromatic rings. The Kier molecular flexibility index (Phi) is 5.55. The number of thioether (sulfide) groups is 1. The Balaban J connectivity index is 1.58. The van der Waals surface area contributed by atoms with Crippen molar-refractivity contribution < 1.29 is 19.1 Å². The normalized spacial score (nSPS) is 25.5. The van der Waals surface area contributed by atoms with Gasteiger partial charge in [0.2, 0.25) is 0 Å². The maximum atomic E-state index is 12.8. The molecular formula is C19H24N2O4S. The lowest BCUT2D eigenvalue weighted by Gasteiger charge is -2.36. The molecule has 26 heavy (non-hydrogen) atoms. The highest BCUT2D eigenvalue weighted by atomic mass is 32.2. The number of urea groups is 1. The van der Waals surface area contributed by atoms with E-state index in [1.165, 1.54) is 0 Å². The summed E-state index contributed by atoms with van der Waals surface area (Å²) in [6.45, 7) is 1.76. The standard InChI is InChI=1S/C19H24N2O4S/c1-13-5-3-4-10-19(13)17(23)21(18(24)20-19)11-16(22)25-12-14-6-8-15(26-2)9-7-14/h6-9,13H,3-5,10-12H2,1-2H3,(H,20,24)/t13-,19-/m1/s1. The fourth-order valence-corrected chi connectivity index (χ4v) is 4.11. The third-order valence-corrected chi connectivity index (χ3v) is 6.09. The molecular weight excluding hydrogens is 352 g/mol. The second-order valence-corrected chi connectivity index (χ2v) is 7.83. The Bertz CT molecular complexity index is 706. The van der Waals surface area contributed by atoms with Crippen molar-refractivity contribution in [2.45, 2.75) is 49.6 Å². The third-order valence-electron chi connectivity index (χ3n) is 5.35. The van der Waals surface area contributed by atoms with Crippen LogP contribution in [0.25, 0.3) is 0 Å². The van der Waals surface area contributed by atoms with Crippen LogP contribution in [0.15, 0.2) is 29.2 Å². The maximum Gasteiger partial charge on any atom is 0.326 e. The molecule has 1 saturated heterocycles. The Morgan fingerprint density at radius 3 is 2.69 bits per heavy atom. The van der Waals surface area contributed by atoms with Crippen LogP contribution in [0.2, 0.25) is 0 Å². The summed E-state index contributed by atoms with van der Waals surface area (Å²) < 4.78 is 5.24. The summed E-state index contributed by atoms with van der Waals surface area (Å²) in [4.78, 5) is 39.4. The van der Waals surface area contributed by atoms with Gasteiger partial charge in [-0.1, -0.05) is 31.9 Å². The van der Waals surface area contributed by atoms with Gasteiger partial charge >= 0.3 is 12.0 Å². The van der Waals surface area contributed by atoms with Crippen molar-refractivity contribution in [2.24, 2.45) is 5.92 Å². The van der Waals surface area contributed by atoms with Crippen molar-refractivity contribution in [3.05, 3.63) is 29.8 Å². The van der Waals surface area contributed by atoms with Gasteiger partial charge < -0.3 is 10.1 Å². The molecule has 3 amide bonds. The summed E-state index contributed by atoms with van der Waals surface area (Å²) in [6.07, 6.45) is 5.49. The molecule has 1 saturated carbocycles. The molecule has 0 bridgehead atoms. The van der Waals surface area contributed by atoms with Crippen LogP contribution < -0.4 is 5.32 Å².